The Morgan fingerprint density at radius 1 is 1.22 bits per heavy atom. The number of ether oxygens (including phenoxy) is 2. The van der Waals surface area contributed by atoms with Crippen LogP contribution in [0.15, 0.2) is 24.4 Å². The molecule has 7 nitrogen and oxygen atoms in total. The number of nitrogens with zero attached hydrogens (tertiary/aromatic N) is 3. The molecule has 0 radical (unpaired) electrons. The van der Waals surface area contributed by atoms with Crippen LogP contribution in [0, 0.1) is 5.82 Å². The molecular weight excluding hydrogens is 432 g/mol. The summed E-state index contributed by atoms with van der Waals surface area (Å²) in [5.74, 6) is -1.20. The summed E-state index contributed by atoms with van der Waals surface area (Å²) in [6.45, 7) is 0.482. The number of hydrogen-bond acceptors (Lipinski definition) is 6. The summed E-state index contributed by atoms with van der Waals surface area (Å²) < 4.78 is 64.4. The Bertz CT molecular complexity index is 1280. The van der Waals surface area contributed by atoms with E-state index in [0.29, 0.717) is 22.0 Å². The van der Waals surface area contributed by atoms with E-state index in [2.05, 4.69) is 9.97 Å². The summed E-state index contributed by atoms with van der Waals surface area (Å²) in [5.41, 5.74) is 6.72. The van der Waals surface area contributed by atoms with Gasteiger partial charge in [0.05, 0.1) is 30.3 Å². The first-order chi connectivity index (χ1) is 15.1. The van der Waals surface area contributed by atoms with Crippen LogP contribution in [-0.2, 0) is 24.1 Å². The monoisotopic (exact) mass is 448 g/mol. The highest BCUT2D eigenvalue weighted by atomic mass is 19.4. The number of hydrogen-bond donors (Lipinski definition) is 1. The fraction of sp³-hybridized carbons (Fsp3) is 0.286. The quantitative estimate of drug-likeness (QED) is 0.603. The average Bonchev–Trinajstić information content (AvgIpc) is 3.39. The zero-order valence-electron chi connectivity index (χ0n) is 16.7. The molecule has 0 saturated heterocycles. The van der Waals surface area contributed by atoms with Crippen molar-refractivity contribution in [1.82, 2.24) is 14.9 Å². The average molecular weight is 448 g/mol. The van der Waals surface area contributed by atoms with E-state index >= 15 is 0 Å². The highest BCUT2D eigenvalue weighted by Gasteiger charge is 2.37. The van der Waals surface area contributed by atoms with Crippen LogP contribution in [0.5, 0.6) is 5.75 Å². The van der Waals surface area contributed by atoms with E-state index in [1.54, 1.807) is 0 Å². The number of nitrogen functional groups attached to an aromatic ring is 1. The molecule has 11 heteroatoms. The van der Waals surface area contributed by atoms with Gasteiger partial charge in [-0.15, -0.1) is 0 Å². The van der Waals surface area contributed by atoms with Crippen molar-refractivity contribution in [3.05, 3.63) is 58.2 Å². The maximum absolute atomic E-state index is 14.9. The van der Waals surface area contributed by atoms with Gasteiger partial charge in [-0.2, -0.15) is 13.2 Å². The second-order valence-corrected chi connectivity index (χ2v) is 7.64. The molecule has 0 spiro atoms. The molecule has 2 aliphatic rings. The first kappa shape index (κ1) is 20.4. The maximum atomic E-state index is 14.9. The number of fused-ring (bicyclic) bond motifs is 4. The van der Waals surface area contributed by atoms with Gasteiger partial charge in [0.15, 0.2) is 0 Å². The van der Waals surface area contributed by atoms with Crippen molar-refractivity contribution in [2.75, 3.05) is 19.4 Å². The highest BCUT2D eigenvalue weighted by Crippen LogP contribution is 2.39. The number of alkyl halides is 3. The smallest absolute Gasteiger partial charge is 0.433 e. The molecule has 0 bridgehead atoms. The fourth-order valence-electron chi connectivity index (χ4n) is 4.04. The van der Waals surface area contributed by atoms with Crippen LogP contribution in [0.1, 0.15) is 38.8 Å². The number of rotatable bonds is 2. The lowest BCUT2D eigenvalue weighted by Crippen LogP contribution is -2.32. The molecule has 4 heterocycles. The topological polar surface area (TPSA) is 90.6 Å². The Labute approximate surface area is 178 Å². The van der Waals surface area contributed by atoms with Crippen molar-refractivity contribution in [3.8, 4) is 5.75 Å². The zero-order chi connectivity index (χ0) is 22.8. The van der Waals surface area contributed by atoms with E-state index in [0.717, 1.165) is 23.9 Å². The van der Waals surface area contributed by atoms with E-state index in [4.69, 9.17) is 15.2 Å². The van der Waals surface area contributed by atoms with Gasteiger partial charge in [0.1, 0.15) is 29.7 Å². The van der Waals surface area contributed by atoms with Crippen molar-refractivity contribution < 1.29 is 31.8 Å². The molecule has 3 aromatic rings. The highest BCUT2D eigenvalue weighted by molar-refractivity contribution is 5.99. The van der Waals surface area contributed by atoms with Crippen molar-refractivity contribution in [2.45, 2.75) is 25.4 Å². The second-order valence-electron chi connectivity index (χ2n) is 7.64. The predicted molar refractivity (Wildman–Crippen MR) is 104 cm³/mol. The summed E-state index contributed by atoms with van der Waals surface area (Å²) in [4.78, 5) is 22.0. The molecule has 166 valence electrons. The third-order valence-electron chi connectivity index (χ3n) is 5.78. The first-order valence-corrected chi connectivity index (χ1v) is 9.60. The molecule has 0 unspecified atom stereocenters. The second kappa shape index (κ2) is 7.02. The van der Waals surface area contributed by atoms with Gasteiger partial charge < -0.3 is 20.1 Å². The molecule has 0 fully saturated rings. The van der Waals surface area contributed by atoms with Crippen molar-refractivity contribution >= 4 is 22.6 Å². The largest absolute Gasteiger partial charge is 0.491 e. The number of carbonyl (C=O) groups excluding carboxylic acids is 1. The SMILES string of the molecule is CN(C(=O)c1cc2c3c(c(N)nc2cc1F)COC3)[C@H]1COc2cc(C(F)(F)F)ncc21. The molecule has 2 aromatic heterocycles. The Morgan fingerprint density at radius 3 is 2.72 bits per heavy atom. The fourth-order valence-corrected chi connectivity index (χ4v) is 4.04. The molecule has 2 N–H and O–H groups in total. The molecule has 1 atom stereocenters. The maximum Gasteiger partial charge on any atom is 0.433 e. The normalized spacial score (nSPS) is 17.2. The minimum atomic E-state index is -4.62. The molecule has 1 aromatic carbocycles. The Hall–Kier alpha value is -3.47. The molecule has 0 saturated carbocycles. The number of likely N-dealkylation sites (N-methyl/N-ethyl adjacent to an activating group) is 1. The van der Waals surface area contributed by atoms with E-state index in [9.17, 15) is 22.4 Å². The lowest BCUT2D eigenvalue weighted by Gasteiger charge is -2.24. The molecule has 32 heavy (non-hydrogen) atoms. The van der Waals surface area contributed by atoms with Gasteiger partial charge in [-0.3, -0.25) is 9.78 Å². The minimum Gasteiger partial charge on any atom is -0.491 e. The third kappa shape index (κ3) is 3.11. The van der Waals surface area contributed by atoms with Crippen LogP contribution in [0.2, 0.25) is 0 Å². The van der Waals surface area contributed by atoms with Crippen molar-refractivity contribution in [1.29, 1.82) is 0 Å². The van der Waals surface area contributed by atoms with Crippen LogP contribution in [0.25, 0.3) is 10.9 Å². The number of amides is 1. The minimum absolute atomic E-state index is 0.00870. The Kier molecular flexibility index (Phi) is 4.48. The van der Waals surface area contributed by atoms with Gasteiger partial charge in [-0.25, -0.2) is 9.37 Å². The van der Waals surface area contributed by atoms with Gasteiger partial charge in [-0.05, 0) is 11.6 Å². The zero-order valence-corrected chi connectivity index (χ0v) is 16.7. The molecule has 1 amide bonds. The molecule has 2 aliphatic heterocycles. The van der Waals surface area contributed by atoms with Crippen LogP contribution >= 0.6 is 0 Å². The van der Waals surface area contributed by atoms with E-state index in [1.807, 2.05) is 0 Å². The summed E-state index contributed by atoms with van der Waals surface area (Å²) in [6.07, 6.45) is -3.58. The van der Waals surface area contributed by atoms with Crippen molar-refractivity contribution in [3.63, 3.8) is 0 Å². The third-order valence-corrected chi connectivity index (χ3v) is 5.78. The first-order valence-electron chi connectivity index (χ1n) is 9.60. The summed E-state index contributed by atoms with van der Waals surface area (Å²) in [5, 5.41) is 0.560. The van der Waals surface area contributed by atoms with Crippen LogP contribution < -0.4 is 10.5 Å². The number of pyridine rings is 2. The number of carbonyl (C=O) groups is 1. The van der Waals surface area contributed by atoms with Gasteiger partial charge in [0, 0.05) is 41.9 Å². The summed E-state index contributed by atoms with van der Waals surface area (Å²) >= 11 is 0. The number of halogens is 4. The summed E-state index contributed by atoms with van der Waals surface area (Å²) in [6, 6.07) is 2.62. The van der Waals surface area contributed by atoms with Crippen LogP contribution in [0.4, 0.5) is 23.4 Å². The molecular formula is C21H16F4N4O3. The van der Waals surface area contributed by atoms with Crippen LogP contribution in [-0.4, -0.2) is 34.4 Å². The lowest BCUT2D eigenvalue weighted by atomic mass is 10.0. The Morgan fingerprint density at radius 2 is 1.97 bits per heavy atom. The van der Waals surface area contributed by atoms with Gasteiger partial charge in [0.25, 0.3) is 5.91 Å². The van der Waals surface area contributed by atoms with E-state index in [1.165, 1.54) is 18.0 Å². The molecule has 0 aliphatic carbocycles. The lowest BCUT2D eigenvalue weighted by molar-refractivity contribution is -0.141. The number of aromatic nitrogens is 2. The number of benzene rings is 1. The van der Waals surface area contributed by atoms with Gasteiger partial charge in [-0.1, -0.05) is 0 Å². The Balaban J connectivity index is 1.50. The number of anilines is 1. The van der Waals surface area contributed by atoms with Gasteiger partial charge in [0.2, 0.25) is 0 Å². The van der Waals surface area contributed by atoms with Gasteiger partial charge >= 0.3 is 6.18 Å². The van der Waals surface area contributed by atoms with Crippen LogP contribution in [0.3, 0.4) is 0 Å². The molecule has 5 rings (SSSR count). The van der Waals surface area contributed by atoms with E-state index < -0.39 is 29.6 Å². The standard InChI is InChI=1S/C21H16F4N4O3/c1-29(16-8-32-17-4-18(21(23,24)25)27-5-11(16)17)20(30)10-2-9-12-6-31-7-13(12)19(26)28-15(9)3-14(10)22/h2-5,16H,6-8H2,1H3,(H2,26,28)/t16-/m0/s1. The van der Waals surface area contributed by atoms with Crippen molar-refractivity contribution in [2.24, 2.45) is 0 Å². The van der Waals surface area contributed by atoms with E-state index in [-0.39, 0.29) is 37.0 Å². The predicted octanol–water partition coefficient (Wildman–Crippen LogP) is 3.61. The summed E-state index contributed by atoms with van der Waals surface area (Å²) in [7, 11) is 1.43. The number of nitrogens with two attached hydrogens (primary N) is 1.